The first-order valence-corrected chi connectivity index (χ1v) is 8.22. The second-order valence-corrected chi connectivity index (χ2v) is 7.21. The number of thiophene rings is 1. The summed E-state index contributed by atoms with van der Waals surface area (Å²) in [4.78, 5) is 13.6. The number of nitrogens with zero attached hydrogens (tertiary/aromatic N) is 1. The van der Waals surface area contributed by atoms with Crippen LogP contribution >= 0.6 is 11.3 Å². The molecule has 0 aromatic carbocycles. The molecule has 8 heteroatoms. The number of hydrogen-bond donors (Lipinski definition) is 1. The van der Waals surface area contributed by atoms with Crippen molar-refractivity contribution in [2.24, 2.45) is 0 Å². The van der Waals surface area contributed by atoms with Crippen LogP contribution in [-0.2, 0) is 14.6 Å². The van der Waals surface area contributed by atoms with Gasteiger partial charge in [0.2, 0.25) is 0 Å². The standard InChI is InChI=1S/C11H18N2O4S2/c1-5-17-11(14)8-7(12)9(19(15,16)6-2)10(18-8)13(3)4/h5-6,12H2,1-4H3. The molecule has 0 aliphatic heterocycles. The van der Waals surface area contributed by atoms with Crippen LogP contribution in [0.4, 0.5) is 10.7 Å². The molecular formula is C11H18N2O4S2. The number of sulfone groups is 1. The summed E-state index contributed by atoms with van der Waals surface area (Å²) in [5.41, 5.74) is 5.82. The van der Waals surface area contributed by atoms with Crippen molar-refractivity contribution >= 4 is 37.8 Å². The fraction of sp³-hybridized carbons (Fsp3) is 0.545. The minimum Gasteiger partial charge on any atom is -0.462 e. The zero-order valence-corrected chi connectivity index (χ0v) is 13.0. The molecule has 108 valence electrons. The average molecular weight is 306 g/mol. The predicted octanol–water partition coefficient (Wildman–Crippen LogP) is 1.37. The number of rotatable bonds is 5. The van der Waals surface area contributed by atoms with Gasteiger partial charge in [0.05, 0.1) is 18.0 Å². The topological polar surface area (TPSA) is 89.7 Å². The van der Waals surface area contributed by atoms with Crippen molar-refractivity contribution in [3.05, 3.63) is 4.88 Å². The van der Waals surface area contributed by atoms with Crippen LogP contribution in [0.3, 0.4) is 0 Å². The first kappa shape index (κ1) is 15.8. The van der Waals surface area contributed by atoms with E-state index in [9.17, 15) is 13.2 Å². The molecule has 0 saturated carbocycles. The van der Waals surface area contributed by atoms with Gasteiger partial charge in [-0.15, -0.1) is 11.3 Å². The van der Waals surface area contributed by atoms with Gasteiger partial charge in [-0.05, 0) is 6.92 Å². The molecule has 2 N–H and O–H groups in total. The molecule has 0 amide bonds. The second-order valence-electron chi connectivity index (χ2n) is 4.00. The van der Waals surface area contributed by atoms with E-state index in [1.165, 1.54) is 6.92 Å². The highest BCUT2D eigenvalue weighted by Gasteiger charge is 2.30. The Kier molecular flexibility index (Phi) is 4.81. The zero-order valence-electron chi connectivity index (χ0n) is 11.4. The summed E-state index contributed by atoms with van der Waals surface area (Å²) in [6, 6.07) is 0. The van der Waals surface area contributed by atoms with E-state index in [1.807, 2.05) is 0 Å². The van der Waals surface area contributed by atoms with Crippen LogP contribution in [0.2, 0.25) is 0 Å². The summed E-state index contributed by atoms with van der Waals surface area (Å²) in [5, 5.41) is 0.447. The first-order chi connectivity index (χ1) is 8.76. The van der Waals surface area contributed by atoms with Crippen LogP contribution in [0.5, 0.6) is 0 Å². The highest BCUT2D eigenvalue weighted by atomic mass is 32.2. The van der Waals surface area contributed by atoms with Crippen molar-refractivity contribution in [2.45, 2.75) is 18.7 Å². The summed E-state index contributed by atoms with van der Waals surface area (Å²) in [6.07, 6.45) is 0. The van der Waals surface area contributed by atoms with Gasteiger partial charge in [-0.1, -0.05) is 6.92 Å². The molecule has 0 aliphatic carbocycles. The van der Waals surface area contributed by atoms with Crippen molar-refractivity contribution in [2.75, 3.05) is 37.1 Å². The maximum Gasteiger partial charge on any atom is 0.350 e. The molecule has 0 saturated heterocycles. The lowest BCUT2D eigenvalue weighted by molar-refractivity contribution is 0.0533. The first-order valence-electron chi connectivity index (χ1n) is 5.75. The molecule has 0 bridgehead atoms. The fourth-order valence-electron chi connectivity index (χ4n) is 1.50. The smallest absolute Gasteiger partial charge is 0.350 e. The number of carbonyl (C=O) groups excluding carboxylic acids is 1. The van der Waals surface area contributed by atoms with Crippen molar-refractivity contribution in [3.8, 4) is 0 Å². The lowest BCUT2D eigenvalue weighted by atomic mass is 10.4. The summed E-state index contributed by atoms with van der Waals surface area (Å²) in [6.45, 7) is 3.43. The molecule has 0 aliphatic rings. The summed E-state index contributed by atoms with van der Waals surface area (Å²) >= 11 is 1.03. The van der Waals surface area contributed by atoms with E-state index in [-0.39, 0.29) is 27.8 Å². The molecule has 19 heavy (non-hydrogen) atoms. The van der Waals surface area contributed by atoms with Gasteiger partial charge in [-0.2, -0.15) is 0 Å². The third-order valence-electron chi connectivity index (χ3n) is 2.44. The van der Waals surface area contributed by atoms with Gasteiger partial charge < -0.3 is 15.4 Å². The normalized spacial score (nSPS) is 11.4. The largest absolute Gasteiger partial charge is 0.462 e. The van der Waals surface area contributed by atoms with Gasteiger partial charge in [0, 0.05) is 14.1 Å². The number of esters is 1. The number of ether oxygens (including phenoxy) is 1. The highest BCUT2D eigenvalue weighted by Crippen LogP contribution is 2.41. The molecule has 1 heterocycles. The lowest BCUT2D eigenvalue weighted by Gasteiger charge is -2.12. The zero-order chi connectivity index (χ0) is 14.8. The Morgan fingerprint density at radius 2 is 1.95 bits per heavy atom. The summed E-state index contributed by atoms with van der Waals surface area (Å²) in [7, 11) is -0.0897. The maximum atomic E-state index is 12.1. The second kappa shape index (κ2) is 5.79. The molecule has 0 fully saturated rings. The van der Waals surface area contributed by atoms with Crippen LogP contribution < -0.4 is 10.6 Å². The Hall–Kier alpha value is -1.28. The fourth-order valence-corrected chi connectivity index (χ4v) is 4.18. The predicted molar refractivity (Wildman–Crippen MR) is 76.7 cm³/mol. The van der Waals surface area contributed by atoms with Crippen molar-refractivity contribution in [1.29, 1.82) is 0 Å². The Balaban J connectivity index is 3.50. The molecule has 0 atom stereocenters. The maximum absolute atomic E-state index is 12.1. The van der Waals surface area contributed by atoms with E-state index < -0.39 is 15.8 Å². The Morgan fingerprint density at radius 1 is 1.37 bits per heavy atom. The van der Waals surface area contributed by atoms with Crippen LogP contribution in [0, 0.1) is 0 Å². The highest BCUT2D eigenvalue weighted by molar-refractivity contribution is 7.91. The average Bonchev–Trinajstić information content (AvgIpc) is 2.68. The Labute approximate surface area is 117 Å². The summed E-state index contributed by atoms with van der Waals surface area (Å²) < 4.78 is 29.1. The van der Waals surface area contributed by atoms with Crippen molar-refractivity contribution in [3.63, 3.8) is 0 Å². The van der Waals surface area contributed by atoms with Gasteiger partial charge in [0.25, 0.3) is 0 Å². The SMILES string of the molecule is CCOC(=O)c1sc(N(C)C)c(S(=O)(=O)CC)c1N. The van der Waals surface area contributed by atoms with E-state index in [0.29, 0.717) is 5.00 Å². The molecule has 1 rings (SSSR count). The monoisotopic (exact) mass is 306 g/mol. The van der Waals surface area contributed by atoms with Crippen LogP contribution in [-0.4, -0.2) is 40.8 Å². The number of carbonyl (C=O) groups is 1. The van der Waals surface area contributed by atoms with Gasteiger partial charge in [0.1, 0.15) is 14.8 Å². The molecule has 0 unspecified atom stereocenters. The lowest BCUT2D eigenvalue weighted by Crippen LogP contribution is -2.14. The summed E-state index contributed by atoms with van der Waals surface area (Å²) in [5.74, 6) is -0.664. The Bertz CT molecular complexity index is 576. The number of nitrogen functional groups attached to an aromatic ring is 1. The number of anilines is 2. The van der Waals surface area contributed by atoms with Crippen molar-refractivity contribution in [1.82, 2.24) is 0 Å². The molecule has 1 aromatic heterocycles. The Morgan fingerprint density at radius 3 is 2.37 bits per heavy atom. The number of hydrogen-bond acceptors (Lipinski definition) is 7. The van der Waals surface area contributed by atoms with Crippen molar-refractivity contribution < 1.29 is 17.9 Å². The van der Waals surface area contributed by atoms with Crippen LogP contribution in [0.1, 0.15) is 23.5 Å². The molecular weight excluding hydrogens is 288 g/mol. The van der Waals surface area contributed by atoms with Gasteiger partial charge in [0.15, 0.2) is 9.84 Å². The van der Waals surface area contributed by atoms with Gasteiger partial charge >= 0.3 is 5.97 Å². The number of nitrogens with two attached hydrogens (primary N) is 1. The van der Waals surface area contributed by atoms with Gasteiger partial charge in [-0.25, -0.2) is 13.2 Å². The van der Waals surface area contributed by atoms with E-state index in [0.717, 1.165) is 11.3 Å². The molecule has 1 aromatic rings. The molecule has 6 nitrogen and oxygen atoms in total. The minimum absolute atomic E-state index is 0.0194. The van der Waals surface area contributed by atoms with E-state index >= 15 is 0 Å². The molecule has 0 spiro atoms. The van der Waals surface area contributed by atoms with E-state index in [4.69, 9.17) is 10.5 Å². The van der Waals surface area contributed by atoms with E-state index in [2.05, 4.69) is 0 Å². The van der Waals surface area contributed by atoms with Crippen LogP contribution in [0.15, 0.2) is 4.90 Å². The van der Waals surface area contributed by atoms with Crippen LogP contribution in [0.25, 0.3) is 0 Å². The van der Waals surface area contributed by atoms with E-state index in [1.54, 1.807) is 25.9 Å². The third-order valence-corrected chi connectivity index (χ3v) is 5.72. The molecule has 0 radical (unpaired) electrons. The minimum atomic E-state index is -3.50. The quantitative estimate of drug-likeness (QED) is 0.826. The van der Waals surface area contributed by atoms with Gasteiger partial charge in [-0.3, -0.25) is 0 Å². The third kappa shape index (κ3) is 3.01.